The first-order valence-electron chi connectivity index (χ1n) is 20.3. The third-order valence-electron chi connectivity index (χ3n) is 11.8. The molecule has 0 saturated heterocycles. The van der Waals surface area contributed by atoms with Crippen molar-refractivity contribution in [1.82, 2.24) is 4.57 Å². The summed E-state index contributed by atoms with van der Waals surface area (Å²) in [6.45, 7) is 4.39. The van der Waals surface area contributed by atoms with Gasteiger partial charge in [-0.25, -0.2) is 0 Å². The molecule has 11 aromatic rings. The van der Waals surface area contributed by atoms with Gasteiger partial charge in [0, 0.05) is 49.7 Å². The number of rotatable bonds is 7. The summed E-state index contributed by atoms with van der Waals surface area (Å²) in [5.74, 6) is 0. The Morgan fingerprint density at radius 2 is 0.966 bits per heavy atom. The zero-order valence-electron chi connectivity index (χ0n) is 32.9. The molecular formula is C56H40N2O. The Labute approximate surface area is 343 Å². The fourth-order valence-electron chi connectivity index (χ4n) is 9.09. The van der Waals surface area contributed by atoms with Crippen molar-refractivity contribution in [2.45, 2.75) is 13.8 Å². The minimum absolute atomic E-state index is 0.867. The van der Waals surface area contributed by atoms with E-state index in [1.165, 1.54) is 55.2 Å². The molecule has 3 nitrogen and oxygen atoms in total. The van der Waals surface area contributed by atoms with E-state index in [0.29, 0.717) is 0 Å². The Balaban J connectivity index is 1.22. The van der Waals surface area contributed by atoms with E-state index in [2.05, 4.69) is 230 Å². The zero-order chi connectivity index (χ0) is 39.5. The van der Waals surface area contributed by atoms with E-state index in [1.54, 1.807) is 0 Å². The third kappa shape index (κ3) is 5.82. The Hall–Kier alpha value is -7.62. The predicted molar refractivity (Wildman–Crippen MR) is 249 cm³/mol. The summed E-state index contributed by atoms with van der Waals surface area (Å²) < 4.78 is 9.29. The maximum Gasteiger partial charge on any atom is 0.143 e. The first-order valence-corrected chi connectivity index (χ1v) is 20.3. The highest BCUT2D eigenvalue weighted by molar-refractivity contribution is 6.14. The van der Waals surface area contributed by atoms with Crippen molar-refractivity contribution in [3.63, 3.8) is 0 Å². The van der Waals surface area contributed by atoms with Gasteiger partial charge < -0.3 is 13.9 Å². The maximum absolute atomic E-state index is 6.88. The summed E-state index contributed by atoms with van der Waals surface area (Å²) in [5.41, 5.74) is 17.7. The van der Waals surface area contributed by atoms with Crippen molar-refractivity contribution in [3.8, 4) is 39.1 Å². The molecule has 0 bridgehead atoms. The molecule has 0 N–H and O–H groups in total. The number of furan rings is 1. The summed E-state index contributed by atoms with van der Waals surface area (Å²) in [6.07, 6.45) is 0. The van der Waals surface area contributed by atoms with Gasteiger partial charge in [0.2, 0.25) is 0 Å². The molecule has 2 aromatic heterocycles. The molecule has 0 atom stereocenters. The molecule has 280 valence electrons. The van der Waals surface area contributed by atoms with Gasteiger partial charge in [0.15, 0.2) is 0 Å². The number of hydrogen-bond donors (Lipinski definition) is 0. The van der Waals surface area contributed by atoms with E-state index in [-0.39, 0.29) is 0 Å². The molecule has 59 heavy (non-hydrogen) atoms. The number of para-hydroxylation sites is 4. The summed E-state index contributed by atoms with van der Waals surface area (Å²) in [5, 5.41) is 4.62. The second-order valence-electron chi connectivity index (χ2n) is 15.4. The normalized spacial score (nSPS) is 11.6. The van der Waals surface area contributed by atoms with E-state index in [1.807, 2.05) is 0 Å². The monoisotopic (exact) mass is 756 g/mol. The molecule has 0 amide bonds. The van der Waals surface area contributed by atoms with Gasteiger partial charge in [-0.15, -0.1) is 0 Å². The van der Waals surface area contributed by atoms with Crippen molar-refractivity contribution in [3.05, 3.63) is 217 Å². The number of hydrogen-bond acceptors (Lipinski definition) is 2. The van der Waals surface area contributed by atoms with Gasteiger partial charge >= 0.3 is 0 Å². The molecule has 0 fully saturated rings. The lowest BCUT2D eigenvalue weighted by Gasteiger charge is -2.28. The summed E-state index contributed by atoms with van der Waals surface area (Å²) in [4.78, 5) is 2.42. The first-order chi connectivity index (χ1) is 29.1. The summed E-state index contributed by atoms with van der Waals surface area (Å²) >= 11 is 0. The van der Waals surface area contributed by atoms with Crippen molar-refractivity contribution >= 4 is 60.8 Å². The third-order valence-corrected chi connectivity index (χ3v) is 11.8. The molecule has 0 radical (unpaired) electrons. The standard InChI is InChI=1S/C56H40N2O/c1-37-29-31-41(32-30-37)57(42-33-38(2)55(40-19-7-4-8-20-40)48(34-42)39-17-5-3-6-18-39)43-35-49(56-50(36-43)47-24-12-16-28-54(47)59-56)46-23-11-15-27-53(46)58-51-25-13-9-21-44(51)45-22-10-14-26-52(45)58/h3-36H,1-2H3. The fourth-order valence-corrected chi connectivity index (χ4v) is 9.09. The van der Waals surface area contributed by atoms with E-state index in [0.717, 1.165) is 55.8 Å². The lowest BCUT2D eigenvalue weighted by atomic mass is 9.90. The van der Waals surface area contributed by atoms with Crippen LogP contribution in [-0.2, 0) is 0 Å². The summed E-state index contributed by atoms with van der Waals surface area (Å²) in [6, 6.07) is 74.4. The second kappa shape index (κ2) is 14.1. The van der Waals surface area contributed by atoms with Crippen LogP contribution < -0.4 is 4.90 Å². The highest BCUT2D eigenvalue weighted by atomic mass is 16.3. The number of benzene rings is 9. The van der Waals surface area contributed by atoms with Crippen molar-refractivity contribution < 1.29 is 4.42 Å². The lowest BCUT2D eigenvalue weighted by Crippen LogP contribution is -2.11. The van der Waals surface area contributed by atoms with E-state index < -0.39 is 0 Å². The van der Waals surface area contributed by atoms with Crippen LogP contribution in [0.3, 0.4) is 0 Å². The van der Waals surface area contributed by atoms with E-state index >= 15 is 0 Å². The van der Waals surface area contributed by atoms with Gasteiger partial charge in [-0.3, -0.25) is 0 Å². The molecular weight excluding hydrogens is 717 g/mol. The van der Waals surface area contributed by atoms with Gasteiger partial charge in [-0.2, -0.15) is 0 Å². The molecule has 0 spiro atoms. The van der Waals surface area contributed by atoms with Gasteiger partial charge in [-0.05, 0) is 102 Å². The zero-order valence-corrected chi connectivity index (χ0v) is 32.9. The maximum atomic E-state index is 6.88. The number of anilines is 3. The van der Waals surface area contributed by atoms with Crippen LogP contribution in [-0.4, -0.2) is 4.57 Å². The number of fused-ring (bicyclic) bond motifs is 6. The van der Waals surface area contributed by atoms with Gasteiger partial charge in [0.05, 0.1) is 16.7 Å². The number of aryl methyl sites for hydroxylation is 2. The molecule has 0 unspecified atom stereocenters. The van der Waals surface area contributed by atoms with Crippen molar-refractivity contribution in [2.75, 3.05) is 4.90 Å². The predicted octanol–water partition coefficient (Wildman–Crippen LogP) is 15.8. The minimum Gasteiger partial charge on any atom is -0.455 e. The van der Waals surface area contributed by atoms with Gasteiger partial charge in [0.1, 0.15) is 11.2 Å². The number of aromatic nitrogens is 1. The first kappa shape index (κ1) is 34.6. The Morgan fingerprint density at radius 3 is 1.68 bits per heavy atom. The molecule has 9 aromatic carbocycles. The van der Waals surface area contributed by atoms with E-state index in [4.69, 9.17) is 4.42 Å². The van der Waals surface area contributed by atoms with Crippen LogP contribution in [0.15, 0.2) is 211 Å². The molecule has 0 aliphatic rings. The number of nitrogens with zero attached hydrogens (tertiary/aromatic N) is 2. The van der Waals surface area contributed by atoms with Crippen LogP contribution in [0.4, 0.5) is 17.1 Å². The summed E-state index contributed by atoms with van der Waals surface area (Å²) in [7, 11) is 0. The average Bonchev–Trinajstić information content (AvgIpc) is 3.83. The molecule has 11 rings (SSSR count). The van der Waals surface area contributed by atoms with Crippen LogP contribution >= 0.6 is 0 Å². The Kier molecular flexibility index (Phi) is 8.27. The SMILES string of the molecule is Cc1ccc(N(c2cc(C)c(-c3ccccc3)c(-c3ccccc3)c2)c2cc(-c3ccccc3-n3c4ccccc4c4ccccc43)c3oc4ccccc4c3c2)cc1. The smallest absolute Gasteiger partial charge is 0.143 e. The largest absolute Gasteiger partial charge is 0.455 e. The van der Waals surface area contributed by atoms with Crippen LogP contribution in [0.1, 0.15) is 11.1 Å². The van der Waals surface area contributed by atoms with Crippen LogP contribution in [0.2, 0.25) is 0 Å². The lowest BCUT2D eigenvalue weighted by molar-refractivity contribution is 0.670. The molecule has 2 heterocycles. The Bertz CT molecular complexity index is 3280. The highest BCUT2D eigenvalue weighted by Crippen LogP contribution is 2.47. The topological polar surface area (TPSA) is 21.3 Å². The van der Waals surface area contributed by atoms with Crippen LogP contribution in [0, 0.1) is 13.8 Å². The van der Waals surface area contributed by atoms with Crippen LogP contribution in [0.25, 0.3) is 82.8 Å². The molecule has 0 aliphatic carbocycles. The fraction of sp³-hybridized carbons (Fsp3) is 0.0357. The highest BCUT2D eigenvalue weighted by Gasteiger charge is 2.24. The van der Waals surface area contributed by atoms with Crippen molar-refractivity contribution in [1.29, 1.82) is 0 Å². The quantitative estimate of drug-likeness (QED) is 0.161. The minimum atomic E-state index is 0.867. The van der Waals surface area contributed by atoms with Crippen molar-refractivity contribution in [2.24, 2.45) is 0 Å². The molecule has 0 aliphatic heterocycles. The van der Waals surface area contributed by atoms with Gasteiger partial charge in [0.25, 0.3) is 0 Å². The molecule has 0 saturated carbocycles. The second-order valence-corrected chi connectivity index (χ2v) is 15.4. The van der Waals surface area contributed by atoms with Crippen LogP contribution in [0.5, 0.6) is 0 Å². The Morgan fingerprint density at radius 1 is 0.407 bits per heavy atom. The molecule has 3 heteroatoms. The van der Waals surface area contributed by atoms with Gasteiger partial charge in [-0.1, -0.05) is 151 Å². The average molecular weight is 757 g/mol. The van der Waals surface area contributed by atoms with E-state index in [9.17, 15) is 0 Å².